The lowest BCUT2D eigenvalue weighted by Gasteiger charge is -2.15. The van der Waals surface area contributed by atoms with Crippen molar-refractivity contribution in [3.8, 4) is 0 Å². The highest BCUT2D eigenvalue weighted by Crippen LogP contribution is 2.60. The largest absolute Gasteiger partial charge is 0.396 e. The molecule has 82 valence electrons. The summed E-state index contributed by atoms with van der Waals surface area (Å²) in [4.78, 5) is 0. The molecule has 0 aliphatic heterocycles. The van der Waals surface area contributed by atoms with E-state index in [0.29, 0.717) is 17.9 Å². The lowest BCUT2D eigenvalue weighted by molar-refractivity contribution is 0.245. The highest BCUT2D eigenvalue weighted by molar-refractivity contribution is 5.23. The smallest absolute Gasteiger partial charge is 0.0436 e. The van der Waals surface area contributed by atoms with Crippen molar-refractivity contribution < 1.29 is 5.11 Å². The minimum Gasteiger partial charge on any atom is -0.396 e. The molecule has 1 aliphatic rings. The molecule has 1 N–H and O–H groups in total. The SMILES string of the molecule is CC(c1ccccc1)C1CC1(C)CCO. The molecule has 2 rings (SSSR count). The maximum absolute atomic E-state index is 9.01. The van der Waals surface area contributed by atoms with E-state index in [-0.39, 0.29) is 0 Å². The third-order valence-electron chi connectivity index (χ3n) is 4.03. The van der Waals surface area contributed by atoms with Gasteiger partial charge in [0.05, 0.1) is 0 Å². The molecule has 3 unspecified atom stereocenters. The van der Waals surface area contributed by atoms with Crippen molar-refractivity contribution in [1.29, 1.82) is 0 Å². The number of hydrogen-bond acceptors (Lipinski definition) is 1. The van der Waals surface area contributed by atoms with Gasteiger partial charge in [-0.3, -0.25) is 0 Å². The molecule has 0 amide bonds. The van der Waals surface area contributed by atoms with Gasteiger partial charge >= 0.3 is 0 Å². The first-order chi connectivity index (χ1) is 7.17. The van der Waals surface area contributed by atoms with Crippen LogP contribution in [0.15, 0.2) is 30.3 Å². The van der Waals surface area contributed by atoms with Crippen LogP contribution in [0.4, 0.5) is 0 Å². The van der Waals surface area contributed by atoms with Gasteiger partial charge in [-0.05, 0) is 35.7 Å². The van der Waals surface area contributed by atoms with Crippen molar-refractivity contribution >= 4 is 0 Å². The molecular weight excluding hydrogens is 184 g/mol. The van der Waals surface area contributed by atoms with E-state index in [2.05, 4.69) is 44.2 Å². The number of aliphatic hydroxyl groups excluding tert-OH is 1. The quantitative estimate of drug-likeness (QED) is 0.798. The summed E-state index contributed by atoms with van der Waals surface area (Å²) in [7, 11) is 0. The van der Waals surface area contributed by atoms with Gasteiger partial charge in [0.2, 0.25) is 0 Å². The van der Waals surface area contributed by atoms with Crippen LogP contribution in [-0.2, 0) is 0 Å². The lowest BCUT2D eigenvalue weighted by atomic mass is 9.90. The molecule has 1 aromatic carbocycles. The van der Waals surface area contributed by atoms with Crippen LogP contribution in [0.25, 0.3) is 0 Å². The zero-order chi connectivity index (χ0) is 10.9. The van der Waals surface area contributed by atoms with E-state index in [1.54, 1.807) is 0 Å². The third-order valence-corrected chi connectivity index (χ3v) is 4.03. The Morgan fingerprint density at radius 1 is 1.40 bits per heavy atom. The van der Waals surface area contributed by atoms with E-state index in [1.807, 2.05) is 0 Å². The summed E-state index contributed by atoms with van der Waals surface area (Å²) in [6.07, 6.45) is 2.22. The maximum atomic E-state index is 9.01. The Morgan fingerprint density at radius 3 is 2.67 bits per heavy atom. The average molecular weight is 204 g/mol. The second-order valence-electron chi connectivity index (χ2n) is 5.14. The normalized spacial score (nSPS) is 31.3. The van der Waals surface area contributed by atoms with E-state index in [0.717, 1.165) is 12.3 Å². The van der Waals surface area contributed by atoms with Crippen LogP contribution in [0, 0.1) is 11.3 Å². The first-order valence-corrected chi connectivity index (χ1v) is 5.83. The zero-order valence-electron chi connectivity index (χ0n) is 9.61. The monoisotopic (exact) mass is 204 g/mol. The molecule has 15 heavy (non-hydrogen) atoms. The van der Waals surface area contributed by atoms with Crippen molar-refractivity contribution in [3.63, 3.8) is 0 Å². The minimum absolute atomic E-state index is 0.328. The Labute approximate surface area is 92.1 Å². The molecule has 1 nitrogen and oxygen atoms in total. The second-order valence-corrected chi connectivity index (χ2v) is 5.14. The van der Waals surface area contributed by atoms with E-state index in [1.165, 1.54) is 12.0 Å². The minimum atomic E-state index is 0.328. The van der Waals surface area contributed by atoms with Crippen molar-refractivity contribution in [2.45, 2.75) is 32.6 Å². The van der Waals surface area contributed by atoms with Gasteiger partial charge < -0.3 is 5.11 Å². The van der Waals surface area contributed by atoms with Crippen molar-refractivity contribution in [1.82, 2.24) is 0 Å². The topological polar surface area (TPSA) is 20.2 Å². The molecule has 0 aromatic heterocycles. The summed E-state index contributed by atoms with van der Waals surface area (Å²) in [5.74, 6) is 1.38. The van der Waals surface area contributed by atoms with Gasteiger partial charge in [-0.25, -0.2) is 0 Å². The summed E-state index contributed by atoms with van der Waals surface area (Å²) in [5.41, 5.74) is 1.83. The van der Waals surface area contributed by atoms with Gasteiger partial charge in [0, 0.05) is 6.61 Å². The highest BCUT2D eigenvalue weighted by Gasteiger charge is 2.51. The number of benzene rings is 1. The lowest BCUT2D eigenvalue weighted by Crippen LogP contribution is -2.06. The molecular formula is C14H20O. The van der Waals surface area contributed by atoms with Crippen molar-refractivity contribution in [2.75, 3.05) is 6.61 Å². The van der Waals surface area contributed by atoms with E-state index < -0.39 is 0 Å². The Bertz CT molecular complexity index is 319. The van der Waals surface area contributed by atoms with Crippen LogP contribution in [0.1, 0.15) is 38.2 Å². The fourth-order valence-electron chi connectivity index (χ4n) is 2.76. The molecule has 0 saturated heterocycles. The molecule has 0 bridgehead atoms. The molecule has 1 fully saturated rings. The standard InChI is InChI=1S/C14H20O/c1-11(12-6-4-3-5-7-12)13-10-14(13,2)8-9-15/h3-7,11,13,15H,8-10H2,1-2H3. The highest BCUT2D eigenvalue weighted by atomic mass is 16.3. The van der Waals surface area contributed by atoms with Gasteiger partial charge in [0.25, 0.3) is 0 Å². The Hall–Kier alpha value is -0.820. The van der Waals surface area contributed by atoms with Gasteiger partial charge in [0.15, 0.2) is 0 Å². The summed E-state index contributed by atoms with van der Waals surface area (Å²) in [5, 5.41) is 9.01. The Balaban J connectivity index is 2.03. The fourth-order valence-corrected chi connectivity index (χ4v) is 2.76. The number of aliphatic hydroxyl groups is 1. The Kier molecular flexibility index (Phi) is 2.83. The van der Waals surface area contributed by atoms with Crippen LogP contribution in [-0.4, -0.2) is 11.7 Å². The molecule has 3 atom stereocenters. The molecule has 0 spiro atoms. The average Bonchev–Trinajstić information content (AvgIpc) is 2.91. The summed E-state index contributed by atoms with van der Waals surface area (Å²) >= 11 is 0. The summed E-state index contributed by atoms with van der Waals surface area (Å²) in [6, 6.07) is 10.7. The van der Waals surface area contributed by atoms with Crippen LogP contribution in [0.3, 0.4) is 0 Å². The van der Waals surface area contributed by atoms with Crippen LogP contribution < -0.4 is 0 Å². The first kappa shape index (κ1) is 10.7. The predicted molar refractivity (Wildman–Crippen MR) is 62.8 cm³/mol. The van der Waals surface area contributed by atoms with Crippen LogP contribution in [0.2, 0.25) is 0 Å². The van der Waals surface area contributed by atoms with Gasteiger partial charge in [-0.2, -0.15) is 0 Å². The maximum Gasteiger partial charge on any atom is 0.0436 e. The van der Waals surface area contributed by atoms with Gasteiger partial charge in [0.1, 0.15) is 0 Å². The van der Waals surface area contributed by atoms with E-state index in [4.69, 9.17) is 5.11 Å². The van der Waals surface area contributed by atoms with Crippen molar-refractivity contribution in [3.05, 3.63) is 35.9 Å². The van der Waals surface area contributed by atoms with Crippen molar-refractivity contribution in [2.24, 2.45) is 11.3 Å². The van der Waals surface area contributed by atoms with Gasteiger partial charge in [-0.15, -0.1) is 0 Å². The third kappa shape index (κ3) is 2.07. The Morgan fingerprint density at radius 2 is 2.07 bits per heavy atom. The molecule has 0 radical (unpaired) electrons. The zero-order valence-corrected chi connectivity index (χ0v) is 9.61. The second kappa shape index (κ2) is 3.97. The van der Waals surface area contributed by atoms with Crippen LogP contribution >= 0.6 is 0 Å². The molecule has 0 heterocycles. The van der Waals surface area contributed by atoms with Gasteiger partial charge in [-0.1, -0.05) is 44.2 Å². The van der Waals surface area contributed by atoms with E-state index >= 15 is 0 Å². The van der Waals surface area contributed by atoms with Crippen LogP contribution in [0.5, 0.6) is 0 Å². The summed E-state index contributed by atoms with van der Waals surface area (Å²) < 4.78 is 0. The number of hydrogen-bond donors (Lipinski definition) is 1. The fraction of sp³-hybridized carbons (Fsp3) is 0.571. The van der Waals surface area contributed by atoms with E-state index in [9.17, 15) is 0 Å². The predicted octanol–water partition coefficient (Wildman–Crippen LogP) is 3.20. The molecule has 1 aliphatic carbocycles. The number of rotatable bonds is 4. The summed E-state index contributed by atoms with van der Waals surface area (Å²) in [6.45, 7) is 4.93. The first-order valence-electron chi connectivity index (χ1n) is 5.83. The molecule has 1 aromatic rings. The molecule has 1 saturated carbocycles. The molecule has 1 heteroatoms.